The van der Waals surface area contributed by atoms with Crippen LogP contribution in [0.25, 0.3) is 0 Å². The highest BCUT2D eigenvalue weighted by Gasteiger charge is 2.15. The minimum Gasteiger partial charge on any atom is -0.477 e. The van der Waals surface area contributed by atoms with Crippen molar-refractivity contribution in [1.82, 2.24) is 9.88 Å². The Labute approximate surface area is 116 Å². The van der Waals surface area contributed by atoms with E-state index in [4.69, 9.17) is 5.11 Å². The fourth-order valence-electron chi connectivity index (χ4n) is 2.17. The van der Waals surface area contributed by atoms with Gasteiger partial charge in [0.1, 0.15) is 5.69 Å². The van der Waals surface area contributed by atoms with Gasteiger partial charge in [-0.15, -0.1) is 0 Å². The summed E-state index contributed by atoms with van der Waals surface area (Å²) in [4.78, 5) is 21.2. The van der Waals surface area contributed by atoms with E-state index in [1.165, 1.54) is 11.8 Å². The molecule has 2 aromatic rings. The van der Waals surface area contributed by atoms with Crippen LogP contribution in [-0.2, 0) is 13.1 Å². The molecule has 1 aliphatic rings. The molecule has 0 saturated heterocycles. The number of carbonyl (C=O) groups is 1. The van der Waals surface area contributed by atoms with Gasteiger partial charge in [-0.1, -0.05) is 30.3 Å². The lowest BCUT2D eigenvalue weighted by molar-refractivity contribution is 0.0690. The molecule has 0 radical (unpaired) electrons. The maximum Gasteiger partial charge on any atom is 0.354 e. The molecule has 0 fully saturated rings. The molecule has 0 amide bonds. The van der Waals surface area contributed by atoms with Crippen LogP contribution in [0, 0.1) is 0 Å². The van der Waals surface area contributed by atoms with E-state index in [2.05, 4.69) is 22.1 Å². The quantitative estimate of drug-likeness (QED) is 0.927. The van der Waals surface area contributed by atoms with Gasteiger partial charge in [-0.25, -0.2) is 14.8 Å². The van der Waals surface area contributed by atoms with Crippen molar-refractivity contribution in [3.05, 3.63) is 59.4 Å². The molecular formula is C15H13N3O2. The van der Waals surface area contributed by atoms with E-state index in [1.807, 2.05) is 23.1 Å². The maximum atomic E-state index is 10.9. The lowest BCUT2D eigenvalue weighted by atomic mass is 10.1. The number of hydrogen-bond acceptors (Lipinski definition) is 4. The minimum atomic E-state index is -1.02. The molecule has 0 aliphatic carbocycles. The minimum absolute atomic E-state index is 0.0560. The molecule has 3 rings (SSSR count). The topological polar surface area (TPSA) is 65.8 Å². The van der Waals surface area contributed by atoms with Crippen molar-refractivity contribution in [2.45, 2.75) is 13.1 Å². The van der Waals surface area contributed by atoms with E-state index in [-0.39, 0.29) is 5.69 Å². The number of carboxylic acids is 1. The fraction of sp³-hybridized carbons (Fsp3) is 0.133. The van der Waals surface area contributed by atoms with Gasteiger partial charge in [0.2, 0.25) is 0 Å². The number of nitrogens with zero attached hydrogens (tertiary/aromatic N) is 3. The van der Waals surface area contributed by atoms with Crippen LogP contribution in [0.1, 0.15) is 21.6 Å². The average molecular weight is 267 g/mol. The molecule has 1 aliphatic heterocycles. The highest BCUT2D eigenvalue weighted by Crippen LogP contribution is 2.24. The maximum absolute atomic E-state index is 10.9. The van der Waals surface area contributed by atoms with E-state index in [1.54, 1.807) is 12.4 Å². The lowest BCUT2D eigenvalue weighted by Crippen LogP contribution is -2.23. The Morgan fingerprint density at radius 1 is 1.30 bits per heavy atom. The SMILES string of the molecule is O=C(O)c1cc2c(cn1)N=CN(Cc1ccccc1)C2. The second-order valence-electron chi connectivity index (χ2n) is 4.64. The summed E-state index contributed by atoms with van der Waals surface area (Å²) in [6, 6.07) is 11.7. The lowest BCUT2D eigenvalue weighted by Gasteiger charge is -2.24. The third kappa shape index (κ3) is 2.51. The van der Waals surface area contributed by atoms with Gasteiger partial charge in [-0.2, -0.15) is 0 Å². The number of hydrogen-bond donors (Lipinski definition) is 1. The van der Waals surface area contributed by atoms with Crippen LogP contribution in [0.3, 0.4) is 0 Å². The van der Waals surface area contributed by atoms with Crippen molar-refractivity contribution in [1.29, 1.82) is 0 Å². The molecule has 20 heavy (non-hydrogen) atoms. The van der Waals surface area contributed by atoms with Gasteiger partial charge in [0.05, 0.1) is 18.2 Å². The third-order valence-electron chi connectivity index (χ3n) is 3.15. The molecule has 0 unspecified atom stereocenters. The Morgan fingerprint density at radius 3 is 2.85 bits per heavy atom. The summed E-state index contributed by atoms with van der Waals surface area (Å²) in [5.41, 5.74) is 2.87. The molecule has 100 valence electrons. The monoisotopic (exact) mass is 267 g/mol. The van der Waals surface area contributed by atoms with Gasteiger partial charge < -0.3 is 10.0 Å². The van der Waals surface area contributed by atoms with Crippen molar-refractivity contribution in [3.63, 3.8) is 0 Å². The molecule has 5 nitrogen and oxygen atoms in total. The van der Waals surface area contributed by atoms with Gasteiger partial charge in [0.15, 0.2) is 0 Å². The smallest absolute Gasteiger partial charge is 0.354 e. The van der Waals surface area contributed by atoms with E-state index in [9.17, 15) is 4.79 Å². The van der Waals surface area contributed by atoms with E-state index in [0.717, 1.165) is 17.8 Å². The predicted octanol–water partition coefficient (Wildman–Crippen LogP) is 2.46. The Hall–Kier alpha value is -2.69. The molecule has 2 heterocycles. The van der Waals surface area contributed by atoms with Crippen molar-refractivity contribution < 1.29 is 9.90 Å². The number of aromatic carboxylic acids is 1. The normalized spacial score (nSPS) is 13.1. The Bertz CT molecular complexity index is 668. The number of benzene rings is 1. The molecule has 1 N–H and O–H groups in total. The first-order valence-corrected chi connectivity index (χ1v) is 6.27. The van der Waals surface area contributed by atoms with Crippen LogP contribution in [0.5, 0.6) is 0 Å². The molecule has 0 bridgehead atoms. The molecule has 5 heteroatoms. The summed E-state index contributed by atoms with van der Waals surface area (Å²) in [6.07, 6.45) is 3.28. The largest absolute Gasteiger partial charge is 0.477 e. The second kappa shape index (κ2) is 5.13. The van der Waals surface area contributed by atoms with Crippen LogP contribution >= 0.6 is 0 Å². The summed E-state index contributed by atoms with van der Waals surface area (Å²) in [5, 5.41) is 8.97. The highest BCUT2D eigenvalue weighted by molar-refractivity contribution is 5.86. The molecule has 0 spiro atoms. The Kier molecular flexibility index (Phi) is 3.16. The van der Waals surface area contributed by atoms with Gasteiger partial charge in [0, 0.05) is 18.7 Å². The van der Waals surface area contributed by atoms with Gasteiger partial charge >= 0.3 is 5.97 Å². The molecule has 0 atom stereocenters. The second-order valence-corrected chi connectivity index (χ2v) is 4.64. The summed E-state index contributed by atoms with van der Waals surface area (Å²) < 4.78 is 0. The molecule has 1 aromatic carbocycles. The van der Waals surface area contributed by atoms with E-state index < -0.39 is 5.97 Å². The van der Waals surface area contributed by atoms with Crippen LogP contribution in [-0.4, -0.2) is 27.3 Å². The average Bonchev–Trinajstić information content (AvgIpc) is 2.47. The van der Waals surface area contributed by atoms with Crippen molar-refractivity contribution >= 4 is 18.0 Å². The molecule has 1 aromatic heterocycles. The summed E-state index contributed by atoms with van der Waals surface area (Å²) in [5.74, 6) is -1.02. The van der Waals surface area contributed by atoms with Gasteiger partial charge in [-0.3, -0.25) is 0 Å². The highest BCUT2D eigenvalue weighted by atomic mass is 16.4. The van der Waals surface area contributed by atoms with Crippen LogP contribution in [0.4, 0.5) is 5.69 Å². The van der Waals surface area contributed by atoms with Gasteiger partial charge in [-0.05, 0) is 11.6 Å². The fourth-order valence-corrected chi connectivity index (χ4v) is 2.17. The first-order valence-electron chi connectivity index (χ1n) is 6.27. The summed E-state index contributed by atoms with van der Waals surface area (Å²) >= 11 is 0. The van der Waals surface area contributed by atoms with Crippen LogP contribution in [0.15, 0.2) is 47.6 Å². The van der Waals surface area contributed by atoms with Crippen molar-refractivity contribution in [2.24, 2.45) is 4.99 Å². The zero-order chi connectivity index (χ0) is 13.9. The Balaban J connectivity index is 1.81. The number of carboxylic acid groups (broad SMARTS) is 1. The van der Waals surface area contributed by atoms with Crippen molar-refractivity contribution in [2.75, 3.05) is 0 Å². The van der Waals surface area contributed by atoms with Crippen LogP contribution < -0.4 is 0 Å². The number of fused-ring (bicyclic) bond motifs is 1. The zero-order valence-corrected chi connectivity index (χ0v) is 10.7. The zero-order valence-electron chi connectivity index (χ0n) is 10.7. The number of aliphatic imine (C=N–C) groups is 1. The van der Waals surface area contributed by atoms with Crippen LogP contribution in [0.2, 0.25) is 0 Å². The molecular weight excluding hydrogens is 254 g/mol. The molecule has 0 saturated carbocycles. The first kappa shape index (κ1) is 12.3. The van der Waals surface area contributed by atoms with E-state index in [0.29, 0.717) is 6.54 Å². The van der Waals surface area contributed by atoms with Crippen molar-refractivity contribution in [3.8, 4) is 0 Å². The summed E-state index contributed by atoms with van der Waals surface area (Å²) in [7, 11) is 0. The first-order chi connectivity index (χ1) is 9.72. The predicted molar refractivity (Wildman–Crippen MR) is 75.0 cm³/mol. The van der Waals surface area contributed by atoms with Gasteiger partial charge in [0.25, 0.3) is 0 Å². The third-order valence-corrected chi connectivity index (χ3v) is 3.15. The Morgan fingerprint density at radius 2 is 2.10 bits per heavy atom. The van der Waals surface area contributed by atoms with E-state index >= 15 is 0 Å². The number of rotatable bonds is 3. The standard InChI is InChI=1S/C15H13N3O2/c19-15(20)13-6-12-9-18(10-17-14(12)7-16-13)8-11-4-2-1-3-5-11/h1-7,10H,8-9H2,(H,19,20). The number of aromatic nitrogens is 1. The summed E-state index contributed by atoms with van der Waals surface area (Å²) in [6.45, 7) is 1.38. The number of pyridine rings is 1.